The van der Waals surface area contributed by atoms with E-state index in [-0.39, 0.29) is 96.3 Å². The zero-order chi connectivity index (χ0) is 58.6. The van der Waals surface area contributed by atoms with Crippen molar-refractivity contribution in [3.8, 4) is 28.7 Å². The molecule has 1 spiro atoms. The number of aromatic hydroxyl groups is 1. The van der Waals surface area contributed by atoms with Gasteiger partial charge in [0.2, 0.25) is 0 Å². The highest BCUT2D eigenvalue weighted by atomic mass is 16.6. The first-order valence-electron chi connectivity index (χ1n) is 31.9. The van der Waals surface area contributed by atoms with Crippen LogP contribution in [0.1, 0.15) is 125 Å². The Balaban J connectivity index is 0.993. The van der Waals surface area contributed by atoms with Crippen molar-refractivity contribution in [2.75, 3.05) is 33.3 Å². The topological polar surface area (TPSA) is 178 Å². The third kappa shape index (κ3) is 10.6. The van der Waals surface area contributed by atoms with Gasteiger partial charge in [0.15, 0.2) is 0 Å². The summed E-state index contributed by atoms with van der Waals surface area (Å²) in [7, 11) is 2.02. The maximum absolute atomic E-state index is 15.4. The number of carbonyl (C=O) groups is 3. The molecule has 6 aliphatic heterocycles. The van der Waals surface area contributed by atoms with Gasteiger partial charge < -0.3 is 50.9 Å². The largest absolute Gasteiger partial charge is 0.508 e. The number of aldehydes is 1. The fourth-order valence-corrected chi connectivity index (χ4v) is 17.9. The number of cyclic esters (lactones) is 1. The van der Waals surface area contributed by atoms with Gasteiger partial charge in [-0.3, -0.25) is 0 Å². The van der Waals surface area contributed by atoms with Crippen LogP contribution in [0.4, 0.5) is 0 Å². The Kier molecular flexibility index (Phi) is 16.1. The summed E-state index contributed by atoms with van der Waals surface area (Å²) in [5.74, 6) is 6.57. The van der Waals surface area contributed by atoms with Gasteiger partial charge >= 0.3 is 11.9 Å². The molecule has 0 aromatic heterocycles. The third-order valence-electron chi connectivity index (χ3n) is 22.0. The first-order valence-corrected chi connectivity index (χ1v) is 31.9. The molecular weight excluding hydrogens is 1060 g/mol. The number of aliphatic hydroxyl groups excluding tert-OH is 1. The van der Waals surface area contributed by atoms with Crippen LogP contribution >= 0.6 is 0 Å². The van der Waals surface area contributed by atoms with Crippen molar-refractivity contribution in [2.24, 2.45) is 64.1 Å². The van der Waals surface area contributed by atoms with Crippen molar-refractivity contribution in [3.05, 3.63) is 165 Å². The standard InChI is InChI=1S/C73H84N4O8/c1-4-44(32-45-10-6-5-7-11-45)36-62-73-28-22-56-57-20-21-58-61(84-69(81)65(58)66(57)73)23-27-72(53-25-30-76-63(37-53)74-3)39-51-35-48(42-79)16-17-52(26-31-78)71(2,83)43-77-68(60(51)40-72)50-15-8-12-46(33-50)24-29-75-41-47-13-9-14-49(34-47)55-19-18-54(80)38-59(55)64(56)67(73)70(82)85-62/h5-15,18-19,23,31,33-34,36,38,44,48,51-53,56-57,60,63,66,68,74-77,79-80,83H,4,20-22,24-30,32,35,37,39-43H2,1-3H3/b61-23?,62-36-/t44-,48-,51-,52-,53-,56+,57-,60+,63-,66+,68+,71+,72+,73+/m0/s1. The van der Waals surface area contributed by atoms with Crippen LogP contribution in [0.2, 0.25) is 0 Å². The first kappa shape index (κ1) is 57.6. The lowest BCUT2D eigenvalue weighted by Crippen LogP contribution is -2.52. The van der Waals surface area contributed by atoms with Crippen LogP contribution in [0, 0.1) is 75.9 Å². The Labute approximate surface area is 501 Å². The zero-order valence-corrected chi connectivity index (χ0v) is 49.6. The number of hydrogen-bond acceptors (Lipinski definition) is 12. The molecule has 4 aromatic carbocycles. The van der Waals surface area contributed by atoms with E-state index in [9.17, 15) is 20.1 Å². The monoisotopic (exact) mass is 1140 g/mol. The van der Waals surface area contributed by atoms with Crippen molar-refractivity contribution < 1.29 is 39.2 Å². The average Bonchev–Trinajstić information content (AvgIpc) is 1.63. The Morgan fingerprint density at radius 1 is 0.847 bits per heavy atom. The van der Waals surface area contributed by atoms with E-state index in [2.05, 4.69) is 125 Å². The number of piperidine rings is 1. The molecule has 12 nitrogen and oxygen atoms in total. The van der Waals surface area contributed by atoms with Gasteiger partial charge in [-0.15, -0.1) is 0 Å². The van der Waals surface area contributed by atoms with Gasteiger partial charge in [-0.1, -0.05) is 97.6 Å². The lowest BCUT2D eigenvalue weighted by Gasteiger charge is -2.56. The van der Waals surface area contributed by atoms with Gasteiger partial charge in [0.1, 0.15) is 23.6 Å². The molecule has 4 fully saturated rings. The Hall–Kier alpha value is -6.43. The highest BCUT2D eigenvalue weighted by molar-refractivity contribution is 6.07. The van der Waals surface area contributed by atoms with E-state index in [1.54, 1.807) is 13.0 Å². The second-order valence-electron chi connectivity index (χ2n) is 26.8. The van der Waals surface area contributed by atoms with Crippen molar-refractivity contribution >= 4 is 23.8 Å². The molecule has 0 radical (unpaired) electrons. The predicted molar refractivity (Wildman–Crippen MR) is 328 cm³/mol. The fraction of sp³-hybridized carbons (Fsp3) is 0.493. The number of allylic oxidation sites excluding steroid dienone is 5. The molecule has 14 bridgehead atoms. The van der Waals surface area contributed by atoms with Gasteiger partial charge in [-0.25, -0.2) is 9.59 Å². The number of aliphatic hydroxyl groups is 2. The molecule has 15 rings (SSSR count). The molecule has 5 aliphatic carbocycles. The summed E-state index contributed by atoms with van der Waals surface area (Å²) in [6, 6.07) is 33.4. The van der Waals surface area contributed by atoms with Crippen LogP contribution in [0.5, 0.6) is 5.75 Å². The SMILES string of the molecule is CC[C@H](/C=C1\OC(=O)C2=C3c4cc(O)ccc4-c4cccc(c4)CNCCc4cccc(c4)[C@H]4NC[C@@](C)(O)[C@H](CC=O)C#C[C@H](CO)C[C@H]5C[C@]([C@H]6CCN[C@H](NC)C6)(CC=C6OC(=O)C7=C6CC[C@H]6[C@H]3CC[C@@]21[C@@H]76)C[C@H]54)Cc1ccccc1. The van der Waals surface area contributed by atoms with Crippen LogP contribution in [0.3, 0.4) is 0 Å². The summed E-state index contributed by atoms with van der Waals surface area (Å²) in [5, 5.41) is 50.0. The second kappa shape index (κ2) is 23.7. The normalized spacial score (nSPS) is 34.2. The number of esters is 2. The molecule has 12 heteroatoms. The van der Waals surface area contributed by atoms with Gasteiger partial charge in [-0.05, 0) is 226 Å². The summed E-state index contributed by atoms with van der Waals surface area (Å²) in [4.78, 5) is 42.9. The van der Waals surface area contributed by atoms with E-state index in [1.165, 1.54) is 11.1 Å². The lowest BCUT2D eigenvalue weighted by molar-refractivity contribution is -0.135. The van der Waals surface area contributed by atoms with E-state index >= 15 is 9.59 Å². The molecule has 4 aromatic rings. The predicted octanol–water partition coefficient (Wildman–Crippen LogP) is 10.6. The van der Waals surface area contributed by atoms with Gasteiger partial charge in [-0.2, -0.15) is 0 Å². The number of ether oxygens (including phenoxy) is 2. The highest BCUT2D eigenvalue weighted by Crippen LogP contribution is 2.72. The molecule has 2 saturated heterocycles. The van der Waals surface area contributed by atoms with E-state index in [0.717, 1.165) is 116 Å². The molecular formula is C73H84N4O8. The van der Waals surface area contributed by atoms with E-state index in [4.69, 9.17) is 9.47 Å². The summed E-state index contributed by atoms with van der Waals surface area (Å²) in [6.07, 6.45) is 15.8. The molecule has 7 N–H and O–H groups in total. The molecule has 11 aliphatic rings. The van der Waals surface area contributed by atoms with Crippen LogP contribution in [-0.2, 0) is 43.2 Å². The summed E-state index contributed by atoms with van der Waals surface area (Å²) in [5.41, 5.74) is 8.12. The van der Waals surface area contributed by atoms with E-state index < -0.39 is 16.9 Å². The van der Waals surface area contributed by atoms with Gasteiger partial charge in [0.25, 0.3) is 0 Å². The highest BCUT2D eigenvalue weighted by Gasteiger charge is 2.69. The fourth-order valence-electron chi connectivity index (χ4n) is 17.9. The molecule has 14 atom stereocenters. The third-order valence-corrected chi connectivity index (χ3v) is 22.0. The molecule has 6 heterocycles. The maximum Gasteiger partial charge on any atom is 0.340 e. The van der Waals surface area contributed by atoms with E-state index in [1.807, 2.05) is 25.2 Å². The summed E-state index contributed by atoms with van der Waals surface area (Å²) in [6.45, 7) is 6.27. The number of hydrogen-bond donors (Lipinski definition) is 7. The van der Waals surface area contributed by atoms with Gasteiger partial charge in [0, 0.05) is 48.5 Å². The molecule has 85 heavy (non-hydrogen) atoms. The average molecular weight is 1150 g/mol. The number of β-amino-alcohol motifs (C(OH)–C–C–N with tert-alkyl or cyclic N) is 1. The van der Waals surface area contributed by atoms with Crippen molar-refractivity contribution in [2.45, 2.75) is 128 Å². The zero-order valence-electron chi connectivity index (χ0n) is 49.6. The second-order valence-corrected chi connectivity index (χ2v) is 26.8. The number of nitrogens with one attached hydrogen (secondary N) is 4. The van der Waals surface area contributed by atoms with Crippen LogP contribution in [0.25, 0.3) is 16.7 Å². The van der Waals surface area contributed by atoms with Crippen molar-refractivity contribution in [1.82, 2.24) is 21.3 Å². The minimum atomic E-state index is -1.34. The van der Waals surface area contributed by atoms with Crippen LogP contribution < -0.4 is 21.3 Å². The van der Waals surface area contributed by atoms with Crippen molar-refractivity contribution in [1.29, 1.82) is 0 Å². The number of phenolic OH excluding ortho intramolecular Hbond substituents is 1. The van der Waals surface area contributed by atoms with Gasteiger partial charge in [0.05, 0.1) is 35.3 Å². The summed E-state index contributed by atoms with van der Waals surface area (Å²) >= 11 is 0. The Morgan fingerprint density at radius 2 is 1.69 bits per heavy atom. The maximum atomic E-state index is 15.4. The Bertz CT molecular complexity index is 3440. The summed E-state index contributed by atoms with van der Waals surface area (Å²) < 4.78 is 13.5. The molecule has 2 saturated carbocycles. The Morgan fingerprint density at radius 3 is 2.52 bits per heavy atom. The minimum Gasteiger partial charge on any atom is -0.508 e. The smallest absolute Gasteiger partial charge is 0.340 e. The quantitative estimate of drug-likeness (QED) is 0.0480. The molecule has 444 valence electrons. The lowest BCUT2D eigenvalue weighted by atomic mass is 9.44. The molecule has 0 amide bonds. The number of rotatable bonds is 9. The number of carbonyl (C=O) groups excluding carboxylic acids is 3. The minimum absolute atomic E-state index is 0.00686. The first-order chi connectivity index (χ1) is 41.3. The van der Waals surface area contributed by atoms with E-state index in [0.29, 0.717) is 60.8 Å². The van der Waals surface area contributed by atoms with Crippen molar-refractivity contribution in [3.63, 3.8) is 0 Å². The van der Waals surface area contributed by atoms with Crippen LogP contribution in [0.15, 0.2) is 137 Å². The number of fused-ring (bicyclic) bond motifs is 5. The van der Waals surface area contributed by atoms with Crippen LogP contribution in [-0.4, -0.2) is 78.6 Å². The molecule has 0 unspecified atom stereocenters. The number of benzene rings is 4. The number of phenols is 1.